The largest absolute Gasteiger partial charge is 0.484 e. The standard InChI is InChI=1S/C15H23BrN2O2.ClH/c1-11(2)14(17)8-9-18(3)15(19)10-20-13-6-4-12(16)5-7-13;/h4-7,11,14H,8-10,17H2,1-3H3;1H. The van der Waals surface area contributed by atoms with Gasteiger partial charge in [0, 0.05) is 24.1 Å². The van der Waals surface area contributed by atoms with Crippen LogP contribution in [0.2, 0.25) is 0 Å². The van der Waals surface area contributed by atoms with Gasteiger partial charge in [-0.1, -0.05) is 29.8 Å². The van der Waals surface area contributed by atoms with E-state index in [1.807, 2.05) is 24.3 Å². The maximum atomic E-state index is 11.9. The molecular formula is C15H24BrClN2O2. The molecule has 0 heterocycles. The number of amides is 1. The van der Waals surface area contributed by atoms with Crippen molar-refractivity contribution >= 4 is 34.2 Å². The summed E-state index contributed by atoms with van der Waals surface area (Å²) < 4.78 is 6.44. The van der Waals surface area contributed by atoms with Gasteiger partial charge in [0.25, 0.3) is 5.91 Å². The van der Waals surface area contributed by atoms with E-state index in [2.05, 4.69) is 29.8 Å². The van der Waals surface area contributed by atoms with Gasteiger partial charge in [-0.2, -0.15) is 0 Å². The first-order chi connectivity index (χ1) is 9.40. The van der Waals surface area contributed by atoms with E-state index in [1.165, 1.54) is 0 Å². The third kappa shape index (κ3) is 7.69. The Morgan fingerprint density at radius 2 is 1.90 bits per heavy atom. The number of hydrogen-bond donors (Lipinski definition) is 1. The van der Waals surface area contributed by atoms with Crippen LogP contribution in [0.5, 0.6) is 5.75 Å². The number of carbonyl (C=O) groups is 1. The molecule has 0 aromatic heterocycles. The van der Waals surface area contributed by atoms with Gasteiger partial charge in [0.2, 0.25) is 0 Å². The summed E-state index contributed by atoms with van der Waals surface area (Å²) in [6.07, 6.45) is 0.804. The average molecular weight is 380 g/mol. The third-order valence-corrected chi connectivity index (χ3v) is 3.78. The highest BCUT2D eigenvalue weighted by Crippen LogP contribution is 2.16. The van der Waals surface area contributed by atoms with Crippen LogP contribution < -0.4 is 10.5 Å². The van der Waals surface area contributed by atoms with Gasteiger partial charge in [0.05, 0.1) is 0 Å². The highest BCUT2D eigenvalue weighted by atomic mass is 79.9. The predicted molar refractivity (Wildman–Crippen MR) is 92.0 cm³/mol. The van der Waals surface area contributed by atoms with E-state index in [4.69, 9.17) is 10.5 Å². The molecule has 0 bridgehead atoms. The Balaban J connectivity index is 0.00000400. The Morgan fingerprint density at radius 3 is 2.43 bits per heavy atom. The van der Waals surface area contributed by atoms with Crippen molar-refractivity contribution in [3.8, 4) is 5.75 Å². The van der Waals surface area contributed by atoms with Crippen molar-refractivity contribution in [2.45, 2.75) is 26.3 Å². The number of nitrogens with two attached hydrogens (primary N) is 1. The fraction of sp³-hybridized carbons (Fsp3) is 0.533. The molecule has 1 aromatic carbocycles. The number of carbonyl (C=O) groups excluding carboxylic acids is 1. The van der Waals surface area contributed by atoms with Gasteiger partial charge < -0.3 is 15.4 Å². The van der Waals surface area contributed by atoms with Crippen molar-refractivity contribution < 1.29 is 9.53 Å². The number of likely N-dealkylation sites (N-methyl/N-ethyl adjacent to an activating group) is 1. The van der Waals surface area contributed by atoms with Crippen LogP contribution >= 0.6 is 28.3 Å². The quantitative estimate of drug-likeness (QED) is 0.792. The van der Waals surface area contributed by atoms with Gasteiger partial charge in [-0.05, 0) is 36.6 Å². The molecule has 1 rings (SSSR count). The fourth-order valence-electron chi connectivity index (χ4n) is 1.59. The smallest absolute Gasteiger partial charge is 0.260 e. The maximum Gasteiger partial charge on any atom is 0.260 e. The van der Waals surface area contributed by atoms with Crippen molar-refractivity contribution in [1.29, 1.82) is 0 Å². The third-order valence-electron chi connectivity index (χ3n) is 3.26. The van der Waals surface area contributed by atoms with Gasteiger partial charge in [0.1, 0.15) is 5.75 Å². The number of benzene rings is 1. The first-order valence-corrected chi connectivity index (χ1v) is 7.57. The number of ether oxygens (including phenoxy) is 1. The molecular weight excluding hydrogens is 356 g/mol. The van der Waals surface area contributed by atoms with E-state index in [0.29, 0.717) is 18.2 Å². The number of rotatable bonds is 7. The molecule has 1 atom stereocenters. The normalized spacial score (nSPS) is 11.7. The molecule has 1 amide bonds. The minimum atomic E-state index is -0.0381. The van der Waals surface area contributed by atoms with Crippen LogP contribution in [0.1, 0.15) is 20.3 Å². The summed E-state index contributed by atoms with van der Waals surface area (Å²) in [5.41, 5.74) is 5.97. The van der Waals surface area contributed by atoms with Crippen molar-refractivity contribution in [2.75, 3.05) is 20.2 Å². The molecule has 0 aliphatic rings. The minimum Gasteiger partial charge on any atom is -0.484 e. The zero-order valence-corrected chi connectivity index (χ0v) is 15.1. The molecule has 1 aromatic rings. The second-order valence-corrected chi connectivity index (χ2v) is 6.17. The maximum absolute atomic E-state index is 11.9. The number of hydrogen-bond acceptors (Lipinski definition) is 3. The lowest BCUT2D eigenvalue weighted by Crippen LogP contribution is -2.36. The highest BCUT2D eigenvalue weighted by molar-refractivity contribution is 9.10. The van der Waals surface area contributed by atoms with Crippen molar-refractivity contribution in [3.05, 3.63) is 28.7 Å². The van der Waals surface area contributed by atoms with E-state index in [1.54, 1.807) is 11.9 Å². The Kier molecular flexibility index (Phi) is 9.66. The Bertz CT molecular complexity index is 426. The van der Waals surface area contributed by atoms with Gasteiger partial charge in [-0.25, -0.2) is 0 Å². The monoisotopic (exact) mass is 378 g/mol. The molecule has 1 unspecified atom stereocenters. The molecule has 0 aliphatic heterocycles. The van der Waals surface area contributed by atoms with Crippen LogP contribution in [0.3, 0.4) is 0 Å². The Hall–Kier alpha value is -0.780. The fourth-order valence-corrected chi connectivity index (χ4v) is 1.85. The SMILES string of the molecule is CC(C)C(N)CCN(C)C(=O)COc1ccc(Br)cc1.Cl. The van der Waals surface area contributed by atoms with E-state index in [9.17, 15) is 4.79 Å². The summed E-state index contributed by atoms with van der Waals surface area (Å²) in [7, 11) is 1.78. The second kappa shape index (κ2) is 10.0. The first kappa shape index (κ1) is 20.2. The lowest BCUT2D eigenvalue weighted by molar-refractivity contribution is -0.132. The van der Waals surface area contributed by atoms with Gasteiger partial charge >= 0.3 is 0 Å². The predicted octanol–water partition coefficient (Wildman–Crippen LogP) is 3.08. The number of halogens is 2. The molecule has 120 valence electrons. The summed E-state index contributed by atoms with van der Waals surface area (Å²) in [6.45, 7) is 4.88. The second-order valence-electron chi connectivity index (χ2n) is 5.25. The summed E-state index contributed by atoms with van der Waals surface area (Å²) >= 11 is 3.35. The molecule has 0 fully saturated rings. The molecule has 6 heteroatoms. The molecule has 0 spiro atoms. The lowest BCUT2D eigenvalue weighted by Gasteiger charge is -2.21. The molecule has 0 aliphatic carbocycles. The van der Waals surface area contributed by atoms with Gasteiger partial charge in [-0.15, -0.1) is 12.4 Å². The molecule has 0 saturated heterocycles. The zero-order valence-electron chi connectivity index (χ0n) is 12.7. The summed E-state index contributed by atoms with van der Waals surface area (Å²) in [5, 5.41) is 0. The minimum absolute atomic E-state index is 0. The lowest BCUT2D eigenvalue weighted by atomic mass is 10.0. The average Bonchev–Trinajstić information content (AvgIpc) is 2.43. The van der Waals surface area contributed by atoms with Gasteiger partial charge in [-0.3, -0.25) is 4.79 Å². The Labute approximate surface area is 141 Å². The van der Waals surface area contributed by atoms with Crippen molar-refractivity contribution in [1.82, 2.24) is 4.90 Å². The zero-order chi connectivity index (χ0) is 15.1. The molecule has 4 nitrogen and oxygen atoms in total. The van der Waals surface area contributed by atoms with Gasteiger partial charge in [0.15, 0.2) is 6.61 Å². The Morgan fingerprint density at radius 1 is 1.33 bits per heavy atom. The summed E-state index contributed by atoms with van der Waals surface area (Å²) in [5.74, 6) is 1.08. The van der Waals surface area contributed by atoms with E-state index in [0.717, 1.165) is 10.9 Å². The van der Waals surface area contributed by atoms with Crippen molar-refractivity contribution in [3.63, 3.8) is 0 Å². The van der Waals surface area contributed by atoms with Crippen LogP contribution in [-0.2, 0) is 4.79 Å². The molecule has 0 radical (unpaired) electrons. The molecule has 0 saturated carbocycles. The topological polar surface area (TPSA) is 55.6 Å². The highest BCUT2D eigenvalue weighted by Gasteiger charge is 2.13. The van der Waals surface area contributed by atoms with Crippen molar-refractivity contribution in [2.24, 2.45) is 11.7 Å². The van der Waals surface area contributed by atoms with Crippen LogP contribution in [0.25, 0.3) is 0 Å². The van der Waals surface area contributed by atoms with Crippen LogP contribution in [-0.4, -0.2) is 37.0 Å². The first-order valence-electron chi connectivity index (χ1n) is 6.78. The van der Waals surface area contributed by atoms with E-state index >= 15 is 0 Å². The van der Waals surface area contributed by atoms with E-state index in [-0.39, 0.29) is 31.0 Å². The molecule has 2 N–H and O–H groups in total. The molecule has 21 heavy (non-hydrogen) atoms. The van der Waals surface area contributed by atoms with Crippen LogP contribution in [0.4, 0.5) is 0 Å². The van der Waals surface area contributed by atoms with Crippen LogP contribution in [0.15, 0.2) is 28.7 Å². The number of nitrogens with zero attached hydrogens (tertiary/aromatic N) is 1. The summed E-state index contributed by atoms with van der Waals surface area (Å²) in [4.78, 5) is 13.6. The van der Waals surface area contributed by atoms with E-state index < -0.39 is 0 Å². The van der Waals surface area contributed by atoms with Crippen LogP contribution in [0, 0.1) is 5.92 Å². The summed E-state index contributed by atoms with van der Waals surface area (Å²) in [6, 6.07) is 7.53.